The van der Waals surface area contributed by atoms with E-state index < -0.39 is 18.2 Å². The van der Waals surface area contributed by atoms with Gasteiger partial charge in [-0.15, -0.1) is 0 Å². The summed E-state index contributed by atoms with van der Waals surface area (Å²) in [5.41, 5.74) is 0. The fraction of sp³-hybridized carbons (Fsp3) is 0.550. The highest BCUT2D eigenvalue weighted by atomic mass is 16.4. The van der Waals surface area contributed by atoms with Crippen molar-refractivity contribution in [3.63, 3.8) is 0 Å². The summed E-state index contributed by atoms with van der Waals surface area (Å²) in [6.07, 6.45) is 20.4. The van der Waals surface area contributed by atoms with Crippen molar-refractivity contribution in [2.24, 2.45) is 0 Å². The minimum absolute atomic E-state index is 0.234. The van der Waals surface area contributed by atoms with Crippen LogP contribution in [0.25, 0.3) is 0 Å². The van der Waals surface area contributed by atoms with Crippen molar-refractivity contribution in [2.45, 2.75) is 70.5 Å². The zero-order valence-corrected chi connectivity index (χ0v) is 14.7. The van der Waals surface area contributed by atoms with E-state index in [2.05, 4.69) is 30.4 Å². The number of allylic oxidation sites excluding steroid dienone is 7. The fourth-order valence-corrected chi connectivity index (χ4v) is 1.97. The van der Waals surface area contributed by atoms with Crippen molar-refractivity contribution < 1.29 is 20.1 Å². The number of aliphatic hydroxyl groups excluding tert-OH is 2. The molecule has 0 aliphatic rings. The third-order valence-electron chi connectivity index (χ3n) is 3.48. The first kappa shape index (κ1) is 22.4. The lowest BCUT2D eigenvalue weighted by atomic mass is 10.1. The molecular weight excluding hydrogens is 304 g/mol. The van der Waals surface area contributed by atoms with Crippen molar-refractivity contribution in [3.8, 4) is 0 Å². The van der Waals surface area contributed by atoms with Crippen LogP contribution < -0.4 is 0 Å². The maximum absolute atomic E-state index is 10.3. The maximum atomic E-state index is 10.3. The van der Waals surface area contributed by atoms with E-state index in [1.54, 1.807) is 0 Å². The van der Waals surface area contributed by atoms with Crippen molar-refractivity contribution in [2.75, 3.05) is 0 Å². The first-order valence-electron chi connectivity index (χ1n) is 8.75. The van der Waals surface area contributed by atoms with Crippen LogP contribution in [0, 0.1) is 0 Å². The second kappa shape index (κ2) is 16.2. The molecule has 3 N–H and O–H groups in total. The second-order valence-corrected chi connectivity index (χ2v) is 5.66. The Hall–Kier alpha value is -1.65. The van der Waals surface area contributed by atoms with Crippen LogP contribution in [-0.4, -0.2) is 33.5 Å². The van der Waals surface area contributed by atoms with Gasteiger partial charge in [-0.1, -0.05) is 55.5 Å². The lowest BCUT2D eigenvalue weighted by molar-refractivity contribution is -0.137. The first-order valence-corrected chi connectivity index (χ1v) is 8.75. The summed E-state index contributed by atoms with van der Waals surface area (Å²) in [5, 5.41) is 27.5. The lowest BCUT2D eigenvalue weighted by Gasteiger charge is -2.13. The molecule has 0 radical (unpaired) electrons. The average Bonchev–Trinajstić information content (AvgIpc) is 2.57. The third-order valence-corrected chi connectivity index (χ3v) is 3.48. The quantitative estimate of drug-likeness (QED) is 0.329. The molecule has 0 aromatic carbocycles. The lowest BCUT2D eigenvalue weighted by Crippen LogP contribution is -2.23. The Labute approximate surface area is 145 Å². The van der Waals surface area contributed by atoms with Crippen LogP contribution in [0.15, 0.2) is 48.6 Å². The second-order valence-electron chi connectivity index (χ2n) is 5.66. The molecule has 0 saturated carbocycles. The van der Waals surface area contributed by atoms with Crippen LogP contribution in [0.4, 0.5) is 0 Å². The molecule has 0 spiro atoms. The highest BCUT2D eigenvalue weighted by molar-refractivity contribution is 5.66. The molecule has 4 nitrogen and oxygen atoms in total. The summed E-state index contributed by atoms with van der Waals surface area (Å²) in [4.78, 5) is 10.3. The van der Waals surface area contributed by atoms with Gasteiger partial charge < -0.3 is 15.3 Å². The SMILES string of the molecule is CCC(O)C(O)C/C=C\C/C=C\C/C=C\C/C=C\CCCC(=O)O. The number of rotatable bonds is 14. The monoisotopic (exact) mass is 336 g/mol. The van der Waals surface area contributed by atoms with E-state index in [-0.39, 0.29) is 6.42 Å². The molecule has 2 atom stereocenters. The molecule has 0 fully saturated rings. The molecule has 0 heterocycles. The van der Waals surface area contributed by atoms with E-state index in [0.29, 0.717) is 19.3 Å². The Morgan fingerprint density at radius 2 is 1.33 bits per heavy atom. The molecular formula is C20H32O4. The number of carbonyl (C=O) groups is 1. The number of unbranched alkanes of at least 4 members (excludes halogenated alkanes) is 1. The van der Waals surface area contributed by atoms with Gasteiger partial charge in [0.2, 0.25) is 0 Å². The smallest absolute Gasteiger partial charge is 0.303 e. The summed E-state index contributed by atoms with van der Waals surface area (Å²) >= 11 is 0. The average molecular weight is 336 g/mol. The molecule has 0 saturated heterocycles. The number of hydrogen-bond acceptors (Lipinski definition) is 3. The van der Waals surface area contributed by atoms with Gasteiger partial charge in [0, 0.05) is 6.42 Å². The Bertz CT molecular complexity index is 421. The zero-order chi connectivity index (χ0) is 18.0. The summed E-state index contributed by atoms with van der Waals surface area (Å²) in [7, 11) is 0. The topological polar surface area (TPSA) is 77.8 Å². The normalized spacial score (nSPS) is 15.1. The van der Waals surface area contributed by atoms with E-state index in [0.717, 1.165) is 25.7 Å². The largest absolute Gasteiger partial charge is 0.481 e. The van der Waals surface area contributed by atoms with Gasteiger partial charge in [0.25, 0.3) is 0 Å². The molecule has 136 valence electrons. The van der Waals surface area contributed by atoms with Crippen LogP contribution in [-0.2, 0) is 4.79 Å². The zero-order valence-electron chi connectivity index (χ0n) is 14.7. The predicted octanol–water partition coefficient (Wildman–Crippen LogP) is 4.16. The van der Waals surface area contributed by atoms with E-state index in [9.17, 15) is 15.0 Å². The van der Waals surface area contributed by atoms with E-state index in [4.69, 9.17) is 5.11 Å². The third kappa shape index (κ3) is 15.3. The minimum atomic E-state index is -0.736. The molecule has 0 aliphatic carbocycles. The van der Waals surface area contributed by atoms with Gasteiger partial charge in [-0.3, -0.25) is 4.79 Å². The maximum Gasteiger partial charge on any atom is 0.303 e. The molecule has 0 bridgehead atoms. The summed E-state index contributed by atoms with van der Waals surface area (Å²) in [6.45, 7) is 1.85. The van der Waals surface area contributed by atoms with Crippen molar-refractivity contribution in [3.05, 3.63) is 48.6 Å². The summed E-state index contributed by atoms with van der Waals surface area (Å²) in [6, 6.07) is 0. The summed E-state index contributed by atoms with van der Waals surface area (Å²) < 4.78 is 0. The van der Waals surface area contributed by atoms with Crippen LogP contribution in [0.2, 0.25) is 0 Å². The molecule has 24 heavy (non-hydrogen) atoms. The Kier molecular flexibility index (Phi) is 15.1. The van der Waals surface area contributed by atoms with Crippen LogP contribution in [0.1, 0.15) is 58.3 Å². The molecule has 4 heteroatoms. The van der Waals surface area contributed by atoms with Gasteiger partial charge >= 0.3 is 5.97 Å². The Balaban J connectivity index is 3.57. The van der Waals surface area contributed by atoms with Gasteiger partial charge in [-0.25, -0.2) is 0 Å². The van der Waals surface area contributed by atoms with Gasteiger partial charge in [-0.05, 0) is 44.9 Å². The van der Waals surface area contributed by atoms with E-state index in [1.807, 2.05) is 25.2 Å². The highest BCUT2D eigenvalue weighted by Crippen LogP contribution is 2.04. The minimum Gasteiger partial charge on any atom is -0.481 e. The van der Waals surface area contributed by atoms with Crippen LogP contribution in [0.3, 0.4) is 0 Å². The van der Waals surface area contributed by atoms with Crippen LogP contribution >= 0.6 is 0 Å². The number of aliphatic hydroxyl groups is 2. The fourth-order valence-electron chi connectivity index (χ4n) is 1.97. The molecule has 0 aromatic rings. The van der Waals surface area contributed by atoms with Gasteiger partial charge in [0.1, 0.15) is 0 Å². The van der Waals surface area contributed by atoms with E-state index in [1.165, 1.54) is 0 Å². The Morgan fingerprint density at radius 3 is 1.83 bits per heavy atom. The number of aliphatic carboxylic acids is 1. The number of carboxylic acids is 1. The van der Waals surface area contributed by atoms with Crippen molar-refractivity contribution >= 4 is 5.97 Å². The summed E-state index contributed by atoms with van der Waals surface area (Å²) in [5.74, 6) is -0.736. The van der Waals surface area contributed by atoms with Gasteiger partial charge in [-0.2, -0.15) is 0 Å². The van der Waals surface area contributed by atoms with Gasteiger partial charge in [0.15, 0.2) is 0 Å². The van der Waals surface area contributed by atoms with Crippen molar-refractivity contribution in [1.82, 2.24) is 0 Å². The molecule has 0 rings (SSSR count). The molecule has 2 unspecified atom stereocenters. The molecule has 0 aliphatic heterocycles. The first-order chi connectivity index (χ1) is 11.6. The van der Waals surface area contributed by atoms with Gasteiger partial charge in [0.05, 0.1) is 12.2 Å². The van der Waals surface area contributed by atoms with Crippen molar-refractivity contribution in [1.29, 1.82) is 0 Å². The van der Waals surface area contributed by atoms with Crippen LogP contribution in [0.5, 0.6) is 0 Å². The molecule has 0 aromatic heterocycles. The number of hydrogen-bond donors (Lipinski definition) is 3. The van der Waals surface area contributed by atoms with E-state index >= 15 is 0 Å². The Morgan fingerprint density at radius 1 is 0.833 bits per heavy atom. The number of carboxylic acid groups (broad SMARTS) is 1. The predicted molar refractivity (Wildman–Crippen MR) is 98.8 cm³/mol. The highest BCUT2D eigenvalue weighted by Gasteiger charge is 2.11. The molecule has 0 amide bonds. The standard InChI is InChI=1S/C20H32O4/c1-2-18(21)19(22)16-14-12-10-8-6-4-3-5-7-9-11-13-15-17-20(23)24/h3,5-6,8-9,11-12,14,18-19,21-22H,2,4,7,10,13,15-17H2,1H3,(H,23,24)/b5-3-,8-6-,11-9-,14-12-.